The Hall–Kier alpha value is -2.44. The lowest BCUT2D eigenvalue weighted by Gasteiger charge is -2.14. The number of nitrogens with zero attached hydrogens (tertiary/aromatic N) is 2. The molecule has 0 spiro atoms. The Morgan fingerprint density at radius 1 is 1.39 bits per heavy atom. The first-order chi connectivity index (χ1) is 10.8. The average molecular weight is 319 g/mol. The molecule has 0 fully saturated rings. The number of hydrogen-bond acceptors (Lipinski definition) is 5. The van der Waals surface area contributed by atoms with Crippen molar-refractivity contribution >= 4 is 23.0 Å². The van der Waals surface area contributed by atoms with Crippen LogP contribution in [0.3, 0.4) is 0 Å². The van der Waals surface area contributed by atoms with Gasteiger partial charge in [0, 0.05) is 5.69 Å². The molecular weight excluding hydrogens is 298 g/mol. The molecule has 1 amide bonds. The Labute approximate surface area is 134 Å². The average Bonchev–Trinajstić information content (AvgIpc) is 2.87. The van der Waals surface area contributed by atoms with Gasteiger partial charge in [-0.05, 0) is 25.3 Å². The Morgan fingerprint density at radius 3 is 2.65 bits per heavy atom. The minimum atomic E-state index is -1.04. The number of nitrogens with one attached hydrogen (secondary N) is 1. The first kappa shape index (κ1) is 16.9. The van der Waals surface area contributed by atoms with Crippen LogP contribution < -0.4 is 5.32 Å². The van der Waals surface area contributed by atoms with Gasteiger partial charge in [-0.3, -0.25) is 4.79 Å². The third-order valence-corrected chi connectivity index (χ3v) is 3.65. The summed E-state index contributed by atoms with van der Waals surface area (Å²) in [6, 6.07) is 0.760. The molecule has 0 radical (unpaired) electrons. The minimum absolute atomic E-state index is 0.0993. The highest BCUT2D eigenvalue weighted by molar-refractivity contribution is 6.07. The SMILES string of the molecule is CCCC(NC(=O)c1cc(C(C)C)nc2onc(C)c12)C(=O)O. The van der Waals surface area contributed by atoms with Crippen molar-refractivity contribution in [2.75, 3.05) is 0 Å². The molecule has 0 aliphatic carbocycles. The third-order valence-electron chi connectivity index (χ3n) is 3.65. The van der Waals surface area contributed by atoms with Gasteiger partial charge >= 0.3 is 5.97 Å². The number of aryl methyl sites for hydroxylation is 1. The predicted octanol–water partition coefficient (Wildman–Crippen LogP) is 2.64. The molecule has 2 heterocycles. The van der Waals surface area contributed by atoms with Gasteiger partial charge in [0.15, 0.2) is 0 Å². The molecule has 2 N–H and O–H groups in total. The van der Waals surface area contributed by atoms with Crippen LogP contribution in [0.25, 0.3) is 11.1 Å². The van der Waals surface area contributed by atoms with E-state index < -0.39 is 17.9 Å². The van der Waals surface area contributed by atoms with E-state index >= 15 is 0 Å². The topological polar surface area (TPSA) is 105 Å². The largest absolute Gasteiger partial charge is 0.480 e. The molecule has 124 valence electrons. The van der Waals surface area contributed by atoms with E-state index in [9.17, 15) is 14.7 Å². The molecular formula is C16H21N3O4. The number of amides is 1. The number of hydrogen-bond donors (Lipinski definition) is 2. The van der Waals surface area contributed by atoms with E-state index in [1.165, 1.54) is 0 Å². The third kappa shape index (κ3) is 3.49. The van der Waals surface area contributed by atoms with Gasteiger partial charge in [-0.2, -0.15) is 0 Å². The molecule has 23 heavy (non-hydrogen) atoms. The van der Waals surface area contributed by atoms with Crippen LogP contribution in [0.15, 0.2) is 10.6 Å². The fourth-order valence-corrected chi connectivity index (χ4v) is 2.37. The number of aliphatic carboxylic acids is 1. The number of aromatic nitrogens is 2. The van der Waals surface area contributed by atoms with Crippen LogP contribution in [-0.2, 0) is 4.79 Å². The van der Waals surface area contributed by atoms with E-state index in [1.54, 1.807) is 13.0 Å². The van der Waals surface area contributed by atoms with Crippen molar-refractivity contribution in [2.45, 2.75) is 52.5 Å². The lowest BCUT2D eigenvalue weighted by atomic mass is 10.0. The standard InChI is InChI=1S/C16H21N3O4/c1-5-6-11(16(21)22)17-14(20)10-7-12(8(2)3)18-15-13(10)9(4)19-23-15/h7-8,11H,5-6H2,1-4H3,(H,17,20)(H,21,22). The smallest absolute Gasteiger partial charge is 0.326 e. The molecule has 1 atom stereocenters. The second-order valence-electron chi connectivity index (χ2n) is 5.85. The summed E-state index contributed by atoms with van der Waals surface area (Å²) in [5.41, 5.74) is 1.89. The van der Waals surface area contributed by atoms with Crippen LogP contribution in [0, 0.1) is 6.92 Å². The monoisotopic (exact) mass is 319 g/mol. The van der Waals surface area contributed by atoms with Crippen molar-refractivity contribution in [1.82, 2.24) is 15.5 Å². The number of rotatable bonds is 6. The molecule has 0 saturated heterocycles. The van der Waals surface area contributed by atoms with Crippen LogP contribution in [-0.4, -0.2) is 33.2 Å². The first-order valence-corrected chi connectivity index (χ1v) is 7.65. The van der Waals surface area contributed by atoms with E-state index in [1.807, 2.05) is 20.8 Å². The summed E-state index contributed by atoms with van der Waals surface area (Å²) in [6.07, 6.45) is 1.03. The van der Waals surface area contributed by atoms with Gasteiger partial charge in [-0.1, -0.05) is 32.3 Å². The fourth-order valence-electron chi connectivity index (χ4n) is 2.37. The van der Waals surface area contributed by atoms with E-state index in [0.29, 0.717) is 40.9 Å². The maximum atomic E-state index is 12.6. The van der Waals surface area contributed by atoms with Gasteiger partial charge in [0.25, 0.3) is 11.6 Å². The normalized spacial score (nSPS) is 12.6. The molecule has 0 aliphatic heterocycles. The lowest BCUT2D eigenvalue weighted by molar-refractivity contribution is -0.139. The molecule has 2 rings (SSSR count). The van der Waals surface area contributed by atoms with Crippen LogP contribution in [0.4, 0.5) is 0 Å². The van der Waals surface area contributed by atoms with Gasteiger partial charge in [0.2, 0.25) is 0 Å². The quantitative estimate of drug-likeness (QED) is 0.848. The highest BCUT2D eigenvalue weighted by Gasteiger charge is 2.24. The molecule has 0 aromatic carbocycles. The van der Waals surface area contributed by atoms with Gasteiger partial charge in [0.1, 0.15) is 6.04 Å². The molecule has 7 nitrogen and oxygen atoms in total. The molecule has 0 aliphatic rings. The Balaban J connectivity index is 2.46. The zero-order valence-electron chi connectivity index (χ0n) is 13.7. The lowest BCUT2D eigenvalue weighted by Crippen LogP contribution is -2.40. The maximum Gasteiger partial charge on any atom is 0.326 e. The van der Waals surface area contributed by atoms with Crippen molar-refractivity contribution in [3.8, 4) is 0 Å². The summed E-state index contributed by atoms with van der Waals surface area (Å²) in [7, 11) is 0. The Morgan fingerprint density at radius 2 is 2.09 bits per heavy atom. The molecule has 7 heteroatoms. The van der Waals surface area contributed by atoms with Crippen LogP contribution in [0.2, 0.25) is 0 Å². The summed E-state index contributed by atoms with van der Waals surface area (Å²) in [4.78, 5) is 28.2. The van der Waals surface area contributed by atoms with Crippen LogP contribution >= 0.6 is 0 Å². The fraction of sp³-hybridized carbons (Fsp3) is 0.500. The number of carbonyl (C=O) groups excluding carboxylic acids is 1. The molecule has 2 aromatic heterocycles. The second-order valence-corrected chi connectivity index (χ2v) is 5.85. The predicted molar refractivity (Wildman–Crippen MR) is 84.4 cm³/mol. The highest BCUT2D eigenvalue weighted by Crippen LogP contribution is 2.25. The summed E-state index contributed by atoms with van der Waals surface area (Å²) < 4.78 is 5.17. The Bertz CT molecular complexity index is 736. The minimum Gasteiger partial charge on any atom is -0.480 e. The number of carbonyl (C=O) groups is 2. The zero-order valence-corrected chi connectivity index (χ0v) is 13.7. The Kier molecular flexibility index (Phi) is 4.98. The van der Waals surface area contributed by atoms with Crippen molar-refractivity contribution in [3.63, 3.8) is 0 Å². The van der Waals surface area contributed by atoms with Crippen molar-refractivity contribution in [1.29, 1.82) is 0 Å². The zero-order chi connectivity index (χ0) is 17.1. The van der Waals surface area contributed by atoms with Crippen molar-refractivity contribution in [3.05, 3.63) is 23.0 Å². The van der Waals surface area contributed by atoms with Gasteiger partial charge in [-0.15, -0.1) is 0 Å². The number of carboxylic acid groups (broad SMARTS) is 1. The van der Waals surface area contributed by atoms with E-state index in [-0.39, 0.29) is 5.92 Å². The number of carboxylic acids is 1. The molecule has 2 aromatic rings. The maximum absolute atomic E-state index is 12.6. The van der Waals surface area contributed by atoms with E-state index in [0.717, 1.165) is 0 Å². The van der Waals surface area contributed by atoms with E-state index in [2.05, 4.69) is 15.5 Å². The van der Waals surface area contributed by atoms with Gasteiger partial charge in [0.05, 0.1) is 16.6 Å². The highest BCUT2D eigenvalue weighted by atomic mass is 16.5. The molecule has 0 saturated carbocycles. The molecule has 0 bridgehead atoms. The van der Waals surface area contributed by atoms with Gasteiger partial charge < -0.3 is 14.9 Å². The summed E-state index contributed by atoms with van der Waals surface area (Å²) in [5, 5.41) is 16.2. The van der Waals surface area contributed by atoms with E-state index in [4.69, 9.17) is 4.52 Å². The second kappa shape index (κ2) is 6.76. The van der Waals surface area contributed by atoms with Crippen LogP contribution in [0.1, 0.15) is 61.3 Å². The van der Waals surface area contributed by atoms with Crippen molar-refractivity contribution in [2.24, 2.45) is 0 Å². The number of pyridine rings is 1. The van der Waals surface area contributed by atoms with Gasteiger partial charge in [-0.25, -0.2) is 9.78 Å². The summed E-state index contributed by atoms with van der Waals surface area (Å²) in [6.45, 7) is 7.50. The number of fused-ring (bicyclic) bond motifs is 1. The van der Waals surface area contributed by atoms with Crippen molar-refractivity contribution < 1.29 is 19.2 Å². The molecule has 1 unspecified atom stereocenters. The summed E-state index contributed by atoms with van der Waals surface area (Å²) in [5.74, 6) is -1.40. The first-order valence-electron chi connectivity index (χ1n) is 7.65. The summed E-state index contributed by atoms with van der Waals surface area (Å²) >= 11 is 0. The van der Waals surface area contributed by atoms with Crippen LogP contribution in [0.5, 0.6) is 0 Å².